The van der Waals surface area contributed by atoms with Crippen LogP contribution in [0.25, 0.3) is 0 Å². The Morgan fingerprint density at radius 3 is 1.15 bits per heavy atom. The fourth-order valence-corrected chi connectivity index (χ4v) is 5.27. The summed E-state index contributed by atoms with van der Waals surface area (Å²) in [6.07, 6.45) is 9.74. The first-order valence-corrected chi connectivity index (χ1v) is 15.2. The highest BCUT2D eigenvalue weighted by molar-refractivity contribution is 8.70. The predicted octanol–water partition coefficient (Wildman–Crippen LogP) is 2.75. The molecule has 0 aromatic heterocycles. The van der Waals surface area contributed by atoms with Crippen LogP contribution in [-0.4, -0.2) is 63.6 Å². The minimum Gasteiger partial charge on any atom is -0.317 e. The summed E-state index contributed by atoms with van der Waals surface area (Å²) in [5, 5.41) is 6.55. The fraction of sp³-hybridized carbons (Fsp3) is 1.00. The molecule has 27 heavy (non-hydrogen) atoms. The molecule has 0 saturated carbocycles. The third-order valence-electron chi connectivity index (χ3n) is 3.67. The molecule has 0 amide bonds. The van der Waals surface area contributed by atoms with Crippen LogP contribution in [0.15, 0.2) is 0 Å². The Balaban J connectivity index is 3.11. The van der Waals surface area contributed by atoms with Gasteiger partial charge in [-0.3, -0.25) is 9.11 Å². The maximum atomic E-state index is 10.5. The van der Waals surface area contributed by atoms with Gasteiger partial charge in [-0.15, -0.1) is 0 Å². The van der Waals surface area contributed by atoms with Crippen LogP contribution in [0.1, 0.15) is 57.8 Å². The first kappa shape index (κ1) is 27.4. The molecule has 0 spiro atoms. The van der Waals surface area contributed by atoms with Crippen molar-refractivity contribution in [1.82, 2.24) is 10.6 Å². The van der Waals surface area contributed by atoms with Gasteiger partial charge < -0.3 is 10.6 Å². The largest absolute Gasteiger partial charge is 0.319 e. The first-order chi connectivity index (χ1) is 12.7. The van der Waals surface area contributed by atoms with Gasteiger partial charge in [0, 0.05) is 11.5 Å². The Hall–Kier alpha value is 0.440. The molecule has 0 atom stereocenters. The molecule has 0 aromatic rings. The summed E-state index contributed by atoms with van der Waals surface area (Å²) in [5.74, 6) is 0.814. The van der Waals surface area contributed by atoms with E-state index >= 15 is 0 Å². The zero-order chi connectivity index (χ0) is 20.4. The molecular weight excluding hydrogens is 432 g/mol. The Morgan fingerprint density at radius 2 is 0.815 bits per heavy atom. The van der Waals surface area contributed by atoms with E-state index in [4.69, 9.17) is 9.11 Å². The van der Waals surface area contributed by atoms with E-state index in [0.29, 0.717) is 33.1 Å². The Bertz CT molecular complexity index is 495. The number of hydrogen-bond donors (Lipinski definition) is 4. The molecule has 0 aromatic carbocycles. The molecule has 0 fully saturated rings. The second-order valence-electron chi connectivity index (χ2n) is 6.18. The van der Waals surface area contributed by atoms with E-state index in [1.165, 1.54) is 32.1 Å². The SMILES string of the molecule is O=S(=O)(O)SCCCNCCCCCCCCCNCCCSS(=O)(=O)O. The minimum atomic E-state index is -3.90. The van der Waals surface area contributed by atoms with Crippen molar-refractivity contribution in [3.8, 4) is 0 Å². The lowest BCUT2D eigenvalue weighted by Crippen LogP contribution is -2.17. The third kappa shape index (κ3) is 26.4. The van der Waals surface area contributed by atoms with Crippen LogP contribution in [0.2, 0.25) is 0 Å². The number of rotatable bonds is 20. The van der Waals surface area contributed by atoms with E-state index in [9.17, 15) is 16.8 Å². The van der Waals surface area contributed by atoms with Gasteiger partial charge in [-0.1, -0.05) is 32.1 Å². The van der Waals surface area contributed by atoms with Crippen molar-refractivity contribution >= 4 is 39.9 Å². The van der Waals surface area contributed by atoms with E-state index in [-0.39, 0.29) is 0 Å². The molecule has 0 unspecified atom stereocenters. The lowest BCUT2D eigenvalue weighted by atomic mass is 10.1. The van der Waals surface area contributed by atoms with Gasteiger partial charge in [0.25, 0.3) is 0 Å². The van der Waals surface area contributed by atoms with Gasteiger partial charge in [-0.2, -0.15) is 16.8 Å². The maximum absolute atomic E-state index is 10.5. The highest BCUT2D eigenvalue weighted by Crippen LogP contribution is 2.10. The van der Waals surface area contributed by atoms with Crippen LogP contribution in [0.3, 0.4) is 0 Å². The van der Waals surface area contributed by atoms with Crippen LogP contribution in [0.5, 0.6) is 0 Å². The second-order valence-corrected chi connectivity index (χ2v) is 13.1. The summed E-state index contributed by atoms with van der Waals surface area (Å²) in [6.45, 7) is 3.42. The van der Waals surface area contributed by atoms with Crippen LogP contribution in [-0.2, 0) is 18.3 Å². The van der Waals surface area contributed by atoms with Gasteiger partial charge in [0.05, 0.1) is 0 Å². The molecule has 0 aliphatic carbocycles. The molecular formula is C15H34N2O6S4. The topological polar surface area (TPSA) is 133 Å². The highest BCUT2D eigenvalue weighted by Gasteiger charge is 2.04. The predicted molar refractivity (Wildman–Crippen MR) is 115 cm³/mol. The lowest BCUT2D eigenvalue weighted by molar-refractivity contribution is 0.500. The van der Waals surface area contributed by atoms with Gasteiger partial charge in [-0.25, -0.2) is 0 Å². The van der Waals surface area contributed by atoms with Gasteiger partial charge in [0.15, 0.2) is 0 Å². The van der Waals surface area contributed by atoms with E-state index in [0.717, 1.165) is 51.9 Å². The van der Waals surface area contributed by atoms with E-state index < -0.39 is 18.3 Å². The zero-order valence-electron chi connectivity index (χ0n) is 15.8. The third-order valence-corrected chi connectivity index (χ3v) is 7.96. The van der Waals surface area contributed by atoms with Crippen LogP contribution in [0, 0.1) is 0 Å². The van der Waals surface area contributed by atoms with Crippen LogP contribution < -0.4 is 10.6 Å². The average Bonchev–Trinajstić information content (AvgIpc) is 2.55. The highest BCUT2D eigenvalue weighted by atomic mass is 33.2. The molecule has 0 rings (SSSR count). The van der Waals surface area contributed by atoms with Crippen molar-refractivity contribution in [3.05, 3.63) is 0 Å². The monoisotopic (exact) mass is 466 g/mol. The Morgan fingerprint density at radius 1 is 0.519 bits per heavy atom. The smallest absolute Gasteiger partial charge is 0.317 e. The van der Waals surface area contributed by atoms with Gasteiger partial charge in [-0.05, 0) is 73.5 Å². The Kier molecular flexibility index (Phi) is 17.6. The van der Waals surface area contributed by atoms with Crippen molar-refractivity contribution in [2.24, 2.45) is 0 Å². The maximum Gasteiger partial charge on any atom is 0.319 e. The summed E-state index contributed by atoms with van der Waals surface area (Å²) in [4.78, 5) is 0. The summed E-state index contributed by atoms with van der Waals surface area (Å²) in [6, 6.07) is 0. The molecule has 0 aliphatic rings. The molecule has 4 N–H and O–H groups in total. The normalized spacial score (nSPS) is 12.5. The molecule has 164 valence electrons. The summed E-state index contributed by atoms with van der Waals surface area (Å²) < 4.78 is 59.1. The van der Waals surface area contributed by atoms with Crippen molar-refractivity contribution in [3.63, 3.8) is 0 Å². The average molecular weight is 467 g/mol. The summed E-state index contributed by atoms with van der Waals surface area (Å²) in [7, 11) is -6.64. The number of unbranched alkanes of at least 4 members (excludes halogenated alkanes) is 6. The Labute approximate surface area is 171 Å². The van der Waals surface area contributed by atoms with Crippen LogP contribution >= 0.6 is 21.6 Å². The molecule has 0 bridgehead atoms. The quantitative estimate of drug-likeness (QED) is 0.121. The molecule has 0 aliphatic heterocycles. The van der Waals surface area contributed by atoms with E-state index in [2.05, 4.69) is 10.6 Å². The number of hydrogen-bond acceptors (Lipinski definition) is 8. The zero-order valence-corrected chi connectivity index (χ0v) is 19.0. The second kappa shape index (κ2) is 17.3. The molecule has 0 heterocycles. The molecule has 0 radical (unpaired) electrons. The molecule has 8 nitrogen and oxygen atoms in total. The molecule has 12 heteroatoms. The van der Waals surface area contributed by atoms with E-state index in [1.807, 2.05) is 0 Å². The fourth-order valence-electron chi connectivity index (χ4n) is 2.36. The van der Waals surface area contributed by atoms with Crippen molar-refractivity contribution < 1.29 is 25.9 Å². The van der Waals surface area contributed by atoms with Crippen molar-refractivity contribution in [2.75, 3.05) is 37.7 Å². The summed E-state index contributed by atoms with van der Waals surface area (Å²) >= 11 is 0. The minimum absolute atomic E-state index is 0.407. The van der Waals surface area contributed by atoms with E-state index in [1.54, 1.807) is 0 Å². The standard InChI is InChI=1S/C15H34N2O6S4/c18-26(19,20)24-14-8-12-16-10-6-4-2-1-3-5-7-11-17-13-9-15-25-27(21,22)23/h16-17H,1-15H2,(H,18,19,20)(H,21,22,23). The molecule has 0 saturated heterocycles. The lowest BCUT2D eigenvalue weighted by Gasteiger charge is -2.05. The number of nitrogens with one attached hydrogen (secondary N) is 2. The van der Waals surface area contributed by atoms with Crippen molar-refractivity contribution in [1.29, 1.82) is 0 Å². The van der Waals surface area contributed by atoms with Gasteiger partial charge >= 0.3 is 18.3 Å². The van der Waals surface area contributed by atoms with Crippen molar-refractivity contribution in [2.45, 2.75) is 57.8 Å². The summed E-state index contributed by atoms with van der Waals surface area (Å²) in [5.41, 5.74) is 0. The van der Waals surface area contributed by atoms with Gasteiger partial charge in [0.2, 0.25) is 0 Å². The first-order valence-electron chi connectivity index (χ1n) is 9.36. The van der Waals surface area contributed by atoms with Gasteiger partial charge in [0.1, 0.15) is 0 Å². The van der Waals surface area contributed by atoms with Crippen LogP contribution in [0.4, 0.5) is 0 Å².